The van der Waals surface area contributed by atoms with E-state index >= 15 is 0 Å². The molecule has 12 heavy (non-hydrogen) atoms. The van der Waals surface area contributed by atoms with Gasteiger partial charge in [-0.15, -0.1) is 0 Å². The van der Waals surface area contributed by atoms with Crippen LogP contribution in [-0.2, 0) is 7.05 Å². The summed E-state index contributed by atoms with van der Waals surface area (Å²) >= 11 is 0. The second kappa shape index (κ2) is 3.23. The minimum absolute atomic E-state index is 0.422. The van der Waals surface area contributed by atoms with Gasteiger partial charge in [-0.05, 0) is 19.4 Å². The number of piperidine rings is 1. The molecule has 0 spiro atoms. The van der Waals surface area contributed by atoms with Crippen LogP contribution in [0.5, 0.6) is 0 Å². The molecule has 1 aromatic heterocycles. The van der Waals surface area contributed by atoms with Gasteiger partial charge < -0.3 is 5.32 Å². The van der Waals surface area contributed by atoms with Crippen molar-refractivity contribution in [3.63, 3.8) is 0 Å². The van der Waals surface area contributed by atoms with Crippen molar-refractivity contribution in [1.29, 1.82) is 0 Å². The molecule has 0 amide bonds. The number of nitrogens with zero attached hydrogens (tertiary/aromatic N) is 3. The summed E-state index contributed by atoms with van der Waals surface area (Å²) in [4.78, 5) is 4.23. The highest BCUT2D eigenvalue weighted by Gasteiger charge is 2.18. The van der Waals surface area contributed by atoms with Crippen LogP contribution in [0.4, 0.5) is 0 Å². The predicted octanol–water partition coefficient (Wildman–Crippen LogP) is 0.630. The van der Waals surface area contributed by atoms with Gasteiger partial charge in [0.05, 0.1) is 6.04 Å². The van der Waals surface area contributed by atoms with Gasteiger partial charge in [-0.1, -0.05) is 6.42 Å². The van der Waals surface area contributed by atoms with Gasteiger partial charge in [0.1, 0.15) is 12.2 Å². The van der Waals surface area contributed by atoms with Crippen LogP contribution in [0.15, 0.2) is 6.33 Å². The summed E-state index contributed by atoms with van der Waals surface area (Å²) in [6.07, 6.45) is 5.39. The number of nitrogens with one attached hydrogen (secondary N) is 1. The maximum absolute atomic E-state index is 4.23. The summed E-state index contributed by atoms with van der Waals surface area (Å²) in [5, 5.41) is 7.50. The second-order valence-corrected chi connectivity index (χ2v) is 3.24. The lowest BCUT2D eigenvalue weighted by Crippen LogP contribution is -2.28. The second-order valence-electron chi connectivity index (χ2n) is 3.24. The third kappa shape index (κ3) is 1.34. The van der Waals surface area contributed by atoms with Crippen molar-refractivity contribution in [3.8, 4) is 0 Å². The molecule has 0 unspecified atom stereocenters. The van der Waals surface area contributed by atoms with Crippen LogP contribution in [0.2, 0.25) is 0 Å². The molecule has 1 aliphatic heterocycles. The summed E-state index contributed by atoms with van der Waals surface area (Å²) in [7, 11) is 1.94. The molecule has 0 radical (unpaired) electrons. The Morgan fingerprint density at radius 3 is 3.08 bits per heavy atom. The zero-order valence-corrected chi connectivity index (χ0v) is 7.32. The highest BCUT2D eigenvalue weighted by atomic mass is 15.3. The minimum atomic E-state index is 0.422. The Labute approximate surface area is 72.0 Å². The van der Waals surface area contributed by atoms with E-state index < -0.39 is 0 Å². The van der Waals surface area contributed by atoms with Gasteiger partial charge in [-0.2, -0.15) is 5.10 Å². The molecule has 66 valence electrons. The van der Waals surface area contributed by atoms with Crippen LogP contribution in [0, 0.1) is 0 Å². The summed E-state index contributed by atoms with van der Waals surface area (Å²) in [6.45, 7) is 1.11. The Morgan fingerprint density at radius 2 is 2.50 bits per heavy atom. The number of rotatable bonds is 1. The zero-order chi connectivity index (χ0) is 8.39. The average Bonchev–Trinajstić information content (AvgIpc) is 2.53. The smallest absolute Gasteiger partial charge is 0.143 e. The molecule has 0 bridgehead atoms. The van der Waals surface area contributed by atoms with E-state index in [1.54, 1.807) is 6.33 Å². The van der Waals surface area contributed by atoms with Gasteiger partial charge in [-0.3, -0.25) is 4.68 Å². The van der Waals surface area contributed by atoms with Crippen molar-refractivity contribution in [3.05, 3.63) is 12.2 Å². The van der Waals surface area contributed by atoms with Crippen molar-refractivity contribution in [2.75, 3.05) is 6.54 Å². The molecule has 1 aliphatic rings. The van der Waals surface area contributed by atoms with Crippen LogP contribution in [0.1, 0.15) is 31.1 Å². The maximum atomic E-state index is 4.23. The summed E-state index contributed by atoms with van der Waals surface area (Å²) in [6, 6.07) is 0.422. The van der Waals surface area contributed by atoms with Crippen molar-refractivity contribution in [2.24, 2.45) is 7.05 Å². The van der Waals surface area contributed by atoms with Gasteiger partial charge in [0, 0.05) is 7.05 Å². The maximum Gasteiger partial charge on any atom is 0.143 e. The number of hydrogen-bond donors (Lipinski definition) is 1. The Balaban J connectivity index is 2.13. The first-order valence-corrected chi connectivity index (χ1v) is 4.45. The molecule has 4 heteroatoms. The molecule has 4 nitrogen and oxygen atoms in total. The van der Waals surface area contributed by atoms with Gasteiger partial charge in [0.2, 0.25) is 0 Å². The van der Waals surface area contributed by atoms with E-state index in [1.807, 2.05) is 11.7 Å². The number of aromatic nitrogens is 3. The van der Waals surface area contributed by atoms with E-state index in [-0.39, 0.29) is 0 Å². The lowest BCUT2D eigenvalue weighted by molar-refractivity contribution is 0.386. The number of hydrogen-bond acceptors (Lipinski definition) is 3. The molecular formula is C8H14N4. The topological polar surface area (TPSA) is 42.7 Å². The fourth-order valence-corrected chi connectivity index (χ4v) is 1.69. The van der Waals surface area contributed by atoms with Crippen molar-refractivity contribution in [2.45, 2.75) is 25.3 Å². The highest BCUT2D eigenvalue weighted by molar-refractivity contribution is 4.94. The van der Waals surface area contributed by atoms with E-state index in [0.717, 1.165) is 12.4 Å². The molecule has 1 atom stereocenters. The molecule has 2 heterocycles. The van der Waals surface area contributed by atoms with Crippen molar-refractivity contribution in [1.82, 2.24) is 20.1 Å². The molecule has 1 fully saturated rings. The van der Waals surface area contributed by atoms with Crippen LogP contribution in [0.25, 0.3) is 0 Å². The van der Waals surface area contributed by atoms with E-state index in [1.165, 1.54) is 19.3 Å². The average molecular weight is 166 g/mol. The Morgan fingerprint density at radius 1 is 1.58 bits per heavy atom. The minimum Gasteiger partial charge on any atom is -0.307 e. The Hall–Kier alpha value is -0.900. The first-order chi connectivity index (χ1) is 5.88. The number of aryl methyl sites for hydroxylation is 1. The Bertz CT molecular complexity index is 249. The van der Waals surface area contributed by atoms with Gasteiger partial charge in [0.15, 0.2) is 0 Å². The molecule has 1 saturated heterocycles. The normalized spacial score (nSPS) is 24.2. The highest BCUT2D eigenvalue weighted by Crippen LogP contribution is 2.19. The monoisotopic (exact) mass is 166 g/mol. The fraction of sp³-hybridized carbons (Fsp3) is 0.750. The molecule has 0 aromatic carbocycles. The van der Waals surface area contributed by atoms with E-state index in [9.17, 15) is 0 Å². The van der Waals surface area contributed by atoms with Crippen LogP contribution < -0.4 is 5.32 Å². The molecule has 2 rings (SSSR count). The molecule has 0 saturated carbocycles. The van der Waals surface area contributed by atoms with E-state index in [0.29, 0.717) is 6.04 Å². The lowest BCUT2D eigenvalue weighted by atomic mass is 10.0. The van der Waals surface area contributed by atoms with E-state index in [2.05, 4.69) is 15.4 Å². The summed E-state index contributed by atoms with van der Waals surface area (Å²) in [5.74, 6) is 1.06. The first-order valence-electron chi connectivity index (χ1n) is 4.45. The SMILES string of the molecule is Cn1ncnc1[C@H]1CCCCN1. The van der Waals surface area contributed by atoms with Gasteiger partial charge in [-0.25, -0.2) is 4.98 Å². The fourth-order valence-electron chi connectivity index (χ4n) is 1.69. The third-order valence-electron chi connectivity index (χ3n) is 2.37. The molecule has 0 aliphatic carbocycles. The van der Waals surface area contributed by atoms with Crippen molar-refractivity contribution >= 4 is 0 Å². The predicted molar refractivity (Wildman–Crippen MR) is 45.6 cm³/mol. The van der Waals surface area contributed by atoms with Crippen molar-refractivity contribution < 1.29 is 0 Å². The van der Waals surface area contributed by atoms with Crippen LogP contribution >= 0.6 is 0 Å². The van der Waals surface area contributed by atoms with Gasteiger partial charge in [0.25, 0.3) is 0 Å². The summed E-state index contributed by atoms with van der Waals surface area (Å²) < 4.78 is 1.85. The lowest BCUT2D eigenvalue weighted by Gasteiger charge is -2.22. The van der Waals surface area contributed by atoms with Crippen LogP contribution in [-0.4, -0.2) is 21.3 Å². The zero-order valence-electron chi connectivity index (χ0n) is 7.32. The Kier molecular flexibility index (Phi) is 2.08. The standard InChI is InChI=1S/C8H14N4/c1-12-8(10-6-11-12)7-4-2-3-5-9-7/h6-7,9H,2-5H2,1H3/t7-/m1/s1. The third-order valence-corrected chi connectivity index (χ3v) is 2.37. The van der Waals surface area contributed by atoms with Crippen LogP contribution in [0.3, 0.4) is 0 Å². The summed E-state index contributed by atoms with van der Waals surface area (Å²) in [5.41, 5.74) is 0. The first kappa shape index (κ1) is 7.73. The quantitative estimate of drug-likeness (QED) is 0.665. The molecule has 1 N–H and O–H groups in total. The molecular weight excluding hydrogens is 152 g/mol. The largest absolute Gasteiger partial charge is 0.307 e. The van der Waals surface area contributed by atoms with Gasteiger partial charge >= 0.3 is 0 Å². The van der Waals surface area contributed by atoms with E-state index in [4.69, 9.17) is 0 Å². The molecule has 1 aromatic rings.